The van der Waals surface area contributed by atoms with Gasteiger partial charge >= 0.3 is 0 Å². The molecule has 1 saturated heterocycles. The molecule has 1 heterocycles. The van der Waals surface area contributed by atoms with Crippen LogP contribution in [0, 0.1) is 0 Å². The van der Waals surface area contributed by atoms with Crippen LogP contribution < -0.4 is 11.1 Å². The number of amides is 1. The summed E-state index contributed by atoms with van der Waals surface area (Å²) in [5, 5.41) is 3.57. The Hall–Kier alpha value is -1.10. The summed E-state index contributed by atoms with van der Waals surface area (Å²) in [6, 6.07) is 7.77. The van der Waals surface area contributed by atoms with Gasteiger partial charge in [0.05, 0.1) is 0 Å². The van der Waals surface area contributed by atoms with Crippen LogP contribution in [0.25, 0.3) is 0 Å². The Bertz CT molecular complexity index is 506. The lowest BCUT2D eigenvalue weighted by Gasteiger charge is -2.50. The molecule has 3 rings (SSSR count). The molecule has 1 aromatic carbocycles. The molecule has 0 bridgehead atoms. The van der Waals surface area contributed by atoms with E-state index in [0.29, 0.717) is 11.1 Å². The van der Waals surface area contributed by atoms with Gasteiger partial charge in [0.2, 0.25) is 5.91 Å². The van der Waals surface area contributed by atoms with Gasteiger partial charge in [-0.2, -0.15) is 0 Å². The van der Waals surface area contributed by atoms with E-state index in [2.05, 4.69) is 16.3 Å². The zero-order valence-corrected chi connectivity index (χ0v) is 13.8. The Morgan fingerprint density at radius 1 is 1.27 bits per heavy atom. The monoisotopic (exact) mass is 323 g/mol. The number of primary amides is 1. The van der Waals surface area contributed by atoms with Crippen LogP contribution in [0.2, 0.25) is 0 Å². The molecule has 0 aromatic heterocycles. The first-order valence-electron chi connectivity index (χ1n) is 8.04. The summed E-state index contributed by atoms with van der Waals surface area (Å²) in [6.45, 7) is 4.16. The van der Waals surface area contributed by atoms with Gasteiger partial charge in [-0.25, -0.2) is 0 Å². The molecular formula is C17H26ClN3O. The minimum atomic E-state index is -0.343. The van der Waals surface area contributed by atoms with Crippen LogP contribution in [0.1, 0.15) is 48.0 Å². The normalized spacial score (nSPS) is 21.3. The maximum atomic E-state index is 11.3. The van der Waals surface area contributed by atoms with Crippen molar-refractivity contribution in [3.05, 3.63) is 35.4 Å². The predicted molar refractivity (Wildman–Crippen MR) is 91.3 cm³/mol. The van der Waals surface area contributed by atoms with Crippen molar-refractivity contribution >= 4 is 18.3 Å². The van der Waals surface area contributed by atoms with Crippen molar-refractivity contribution in [1.82, 2.24) is 10.2 Å². The Balaban J connectivity index is 0.00000176. The maximum Gasteiger partial charge on any atom is 0.248 e. The summed E-state index contributed by atoms with van der Waals surface area (Å²) >= 11 is 0. The predicted octanol–water partition coefficient (Wildman–Crippen LogP) is 2.32. The molecule has 5 heteroatoms. The SMILES string of the molecule is Cl.NC(=O)c1cccc(CN2CCNCC23CCCCC3)c1. The summed E-state index contributed by atoms with van der Waals surface area (Å²) in [4.78, 5) is 14.0. The van der Waals surface area contributed by atoms with Crippen LogP contribution in [0.4, 0.5) is 0 Å². The minimum absolute atomic E-state index is 0. The molecule has 0 unspecified atom stereocenters. The summed E-state index contributed by atoms with van der Waals surface area (Å²) < 4.78 is 0. The van der Waals surface area contributed by atoms with E-state index >= 15 is 0 Å². The van der Waals surface area contributed by atoms with E-state index in [9.17, 15) is 4.79 Å². The molecule has 1 aliphatic heterocycles. The Morgan fingerprint density at radius 2 is 2.05 bits per heavy atom. The highest BCUT2D eigenvalue weighted by Crippen LogP contribution is 2.35. The molecule has 0 radical (unpaired) electrons. The highest BCUT2D eigenvalue weighted by Gasteiger charge is 2.39. The van der Waals surface area contributed by atoms with Gasteiger partial charge in [-0.3, -0.25) is 9.69 Å². The molecule has 2 fully saturated rings. The number of nitrogens with zero attached hydrogens (tertiary/aromatic N) is 1. The number of piperazine rings is 1. The number of carbonyl (C=O) groups excluding carboxylic acids is 1. The van der Waals surface area contributed by atoms with Gasteiger partial charge in [0.15, 0.2) is 0 Å². The quantitative estimate of drug-likeness (QED) is 0.897. The Labute approximate surface area is 138 Å². The first-order chi connectivity index (χ1) is 10.2. The fraction of sp³-hybridized carbons (Fsp3) is 0.588. The summed E-state index contributed by atoms with van der Waals surface area (Å²) in [5.41, 5.74) is 7.51. The molecule has 0 atom stereocenters. The molecular weight excluding hydrogens is 298 g/mol. The second kappa shape index (κ2) is 7.44. The summed E-state index contributed by atoms with van der Waals surface area (Å²) in [5.74, 6) is -0.343. The first kappa shape index (κ1) is 17.3. The number of halogens is 1. The molecule has 1 aliphatic carbocycles. The fourth-order valence-electron chi connectivity index (χ4n) is 3.88. The number of hydrogen-bond donors (Lipinski definition) is 2. The average Bonchev–Trinajstić information content (AvgIpc) is 2.51. The Morgan fingerprint density at radius 3 is 2.77 bits per heavy atom. The van der Waals surface area contributed by atoms with Crippen molar-refractivity contribution in [1.29, 1.82) is 0 Å². The van der Waals surface area contributed by atoms with Crippen molar-refractivity contribution in [2.24, 2.45) is 5.73 Å². The maximum absolute atomic E-state index is 11.3. The van der Waals surface area contributed by atoms with E-state index in [-0.39, 0.29) is 18.3 Å². The molecule has 2 aliphatic rings. The molecule has 3 N–H and O–H groups in total. The third-order valence-corrected chi connectivity index (χ3v) is 5.05. The zero-order valence-electron chi connectivity index (χ0n) is 13.0. The van der Waals surface area contributed by atoms with E-state index < -0.39 is 0 Å². The Kier molecular flexibility index (Phi) is 5.84. The summed E-state index contributed by atoms with van der Waals surface area (Å²) in [6.07, 6.45) is 6.61. The van der Waals surface area contributed by atoms with Crippen molar-refractivity contribution in [2.45, 2.75) is 44.2 Å². The smallest absolute Gasteiger partial charge is 0.248 e. The topological polar surface area (TPSA) is 58.4 Å². The second-order valence-electron chi connectivity index (χ2n) is 6.45. The average molecular weight is 324 g/mol. The number of nitrogens with one attached hydrogen (secondary N) is 1. The van der Waals surface area contributed by atoms with E-state index in [1.165, 1.54) is 37.7 Å². The lowest BCUT2D eigenvalue weighted by molar-refractivity contribution is 0.0209. The highest BCUT2D eigenvalue weighted by molar-refractivity contribution is 5.92. The summed E-state index contributed by atoms with van der Waals surface area (Å²) in [7, 11) is 0. The largest absolute Gasteiger partial charge is 0.366 e. The van der Waals surface area contributed by atoms with Crippen molar-refractivity contribution in [2.75, 3.05) is 19.6 Å². The number of nitrogens with two attached hydrogens (primary N) is 1. The fourth-order valence-corrected chi connectivity index (χ4v) is 3.88. The molecule has 1 saturated carbocycles. The van der Waals surface area contributed by atoms with Crippen LogP contribution in [-0.2, 0) is 6.54 Å². The van der Waals surface area contributed by atoms with Crippen LogP contribution in [0.3, 0.4) is 0 Å². The lowest BCUT2D eigenvalue weighted by atomic mass is 9.79. The number of benzene rings is 1. The number of hydrogen-bond acceptors (Lipinski definition) is 3. The highest BCUT2D eigenvalue weighted by atomic mass is 35.5. The molecule has 22 heavy (non-hydrogen) atoms. The van der Waals surface area contributed by atoms with Gasteiger partial charge in [-0.15, -0.1) is 12.4 Å². The van der Waals surface area contributed by atoms with Crippen LogP contribution >= 0.6 is 12.4 Å². The van der Waals surface area contributed by atoms with Crippen molar-refractivity contribution < 1.29 is 4.79 Å². The van der Waals surface area contributed by atoms with Gasteiger partial charge in [0.1, 0.15) is 0 Å². The number of rotatable bonds is 3. The van der Waals surface area contributed by atoms with E-state index in [1.807, 2.05) is 12.1 Å². The van der Waals surface area contributed by atoms with Crippen LogP contribution in [-0.4, -0.2) is 36.0 Å². The minimum Gasteiger partial charge on any atom is -0.366 e. The molecule has 4 nitrogen and oxygen atoms in total. The van der Waals surface area contributed by atoms with E-state index in [4.69, 9.17) is 5.73 Å². The molecule has 1 aromatic rings. The van der Waals surface area contributed by atoms with Crippen molar-refractivity contribution in [3.63, 3.8) is 0 Å². The first-order valence-corrected chi connectivity index (χ1v) is 8.04. The third kappa shape index (κ3) is 3.62. The second-order valence-corrected chi connectivity index (χ2v) is 6.45. The van der Waals surface area contributed by atoms with E-state index in [0.717, 1.165) is 26.2 Å². The van der Waals surface area contributed by atoms with Gasteiger partial charge in [-0.05, 0) is 30.5 Å². The van der Waals surface area contributed by atoms with E-state index in [1.54, 1.807) is 6.07 Å². The van der Waals surface area contributed by atoms with Gasteiger partial charge in [-0.1, -0.05) is 31.4 Å². The lowest BCUT2D eigenvalue weighted by Crippen LogP contribution is -2.61. The van der Waals surface area contributed by atoms with Crippen LogP contribution in [0.15, 0.2) is 24.3 Å². The number of carbonyl (C=O) groups is 1. The standard InChI is InChI=1S/C17H25N3O.ClH/c18-16(21)15-6-4-5-14(11-15)12-20-10-9-19-13-17(20)7-2-1-3-8-17;/h4-6,11,19H,1-3,7-10,12-13H2,(H2,18,21);1H. The molecule has 122 valence electrons. The third-order valence-electron chi connectivity index (χ3n) is 5.05. The van der Waals surface area contributed by atoms with Gasteiger partial charge in [0, 0.05) is 37.3 Å². The van der Waals surface area contributed by atoms with Crippen molar-refractivity contribution in [3.8, 4) is 0 Å². The zero-order chi connectivity index (χ0) is 14.7. The van der Waals surface area contributed by atoms with Gasteiger partial charge < -0.3 is 11.1 Å². The molecule has 1 spiro atoms. The van der Waals surface area contributed by atoms with Gasteiger partial charge in [0.25, 0.3) is 0 Å². The van der Waals surface area contributed by atoms with Crippen LogP contribution in [0.5, 0.6) is 0 Å². The molecule has 1 amide bonds.